The van der Waals surface area contributed by atoms with Crippen molar-refractivity contribution in [2.45, 2.75) is 46.0 Å². The maximum Gasteiger partial charge on any atom is 0.199 e. The zero-order valence-electron chi connectivity index (χ0n) is 8.80. The van der Waals surface area contributed by atoms with Gasteiger partial charge in [-0.3, -0.25) is 9.13 Å². The normalized spacial score (nSPS) is 26.5. The Bertz CT molecular complexity index is 132. The van der Waals surface area contributed by atoms with E-state index in [9.17, 15) is 4.39 Å². The van der Waals surface area contributed by atoms with Crippen LogP contribution >= 0.6 is 0 Å². The molecule has 1 saturated heterocycles. The molecule has 0 aliphatic carbocycles. The van der Waals surface area contributed by atoms with Crippen LogP contribution in [0.1, 0.15) is 39.5 Å². The highest BCUT2D eigenvalue weighted by Crippen LogP contribution is 2.18. The van der Waals surface area contributed by atoms with E-state index in [1.165, 1.54) is 12.8 Å². The number of hydrogen-bond donors (Lipinski definition) is 0. The molecular formula is C9H21FN2Si. The first kappa shape index (κ1) is 11.1. The highest BCUT2D eigenvalue weighted by atomic mass is 28.2. The Kier molecular flexibility index (Phi) is 4.91. The van der Waals surface area contributed by atoms with Crippen molar-refractivity contribution in [3.05, 3.63) is 0 Å². The van der Waals surface area contributed by atoms with E-state index in [1.54, 1.807) is 0 Å². The van der Waals surface area contributed by atoms with Gasteiger partial charge in [-0.05, 0) is 25.9 Å². The third-order valence-corrected chi connectivity index (χ3v) is 4.53. The molecule has 0 bridgehead atoms. The van der Waals surface area contributed by atoms with Crippen molar-refractivity contribution in [2.24, 2.45) is 0 Å². The lowest BCUT2D eigenvalue weighted by Crippen LogP contribution is -2.64. The Labute approximate surface area is 83.1 Å². The Morgan fingerprint density at radius 2 is 1.54 bits per heavy atom. The Morgan fingerprint density at radius 3 is 1.85 bits per heavy atom. The SMILES string of the molecule is CCCCN1[SiH2]N(CCCC)C1F. The fraction of sp³-hybridized carbons (Fsp3) is 1.00. The van der Waals surface area contributed by atoms with Crippen LogP contribution in [0.25, 0.3) is 0 Å². The van der Waals surface area contributed by atoms with E-state index in [-0.39, 0.29) is 9.84 Å². The third kappa shape index (κ3) is 3.04. The molecular weight excluding hydrogens is 183 g/mol. The molecule has 0 N–H and O–H groups in total. The van der Waals surface area contributed by atoms with E-state index in [2.05, 4.69) is 13.8 Å². The van der Waals surface area contributed by atoms with Crippen LogP contribution in [0.15, 0.2) is 0 Å². The second-order valence-electron chi connectivity index (χ2n) is 3.78. The van der Waals surface area contributed by atoms with Crippen LogP contribution in [0.2, 0.25) is 0 Å². The van der Waals surface area contributed by atoms with Crippen LogP contribution in [0.5, 0.6) is 0 Å². The smallest absolute Gasteiger partial charge is 0.199 e. The van der Waals surface area contributed by atoms with Gasteiger partial charge in [-0.2, -0.15) is 0 Å². The average molecular weight is 204 g/mol. The zero-order valence-corrected chi connectivity index (χ0v) is 10.2. The summed E-state index contributed by atoms with van der Waals surface area (Å²) in [4.78, 5) is 0. The third-order valence-electron chi connectivity index (χ3n) is 2.56. The fourth-order valence-corrected chi connectivity index (χ4v) is 3.20. The summed E-state index contributed by atoms with van der Waals surface area (Å²) in [6, 6.07) is 0. The molecule has 1 aliphatic rings. The van der Waals surface area contributed by atoms with Crippen molar-refractivity contribution in [1.29, 1.82) is 0 Å². The summed E-state index contributed by atoms with van der Waals surface area (Å²) in [5.74, 6) is 0. The molecule has 0 amide bonds. The van der Waals surface area contributed by atoms with Gasteiger partial charge >= 0.3 is 0 Å². The van der Waals surface area contributed by atoms with E-state index in [0.717, 1.165) is 25.9 Å². The second kappa shape index (κ2) is 5.73. The maximum atomic E-state index is 13.4. The van der Waals surface area contributed by atoms with Gasteiger partial charge in [-0.25, -0.2) is 4.39 Å². The van der Waals surface area contributed by atoms with Gasteiger partial charge in [0, 0.05) is 0 Å². The molecule has 2 nitrogen and oxygen atoms in total. The van der Waals surface area contributed by atoms with Gasteiger partial charge < -0.3 is 0 Å². The number of nitrogens with zero attached hydrogens (tertiary/aromatic N) is 2. The summed E-state index contributed by atoms with van der Waals surface area (Å²) in [6.07, 6.45) is 3.91. The van der Waals surface area contributed by atoms with Gasteiger partial charge in [-0.1, -0.05) is 26.7 Å². The van der Waals surface area contributed by atoms with Gasteiger partial charge in [0.05, 0.1) is 0 Å². The summed E-state index contributed by atoms with van der Waals surface area (Å²) in [6.45, 7) is 6.27. The molecule has 0 radical (unpaired) electrons. The van der Waals surface area contributed by atoms with E-state index in [0.29, 0.717) is 0 Å². The molecule has 0 spiro atoms. The summed E-state index contributed by atoms with van der Waals surface area (Å²) >= 11 is 0. The van der Waals surface area contributed by atoms with Crippen molar-refractivity contribution in [3.8, 4) is 0 Å². The van der Waals surface area contributed by atoms with Crippen molar-refractivity contribution in [3.63, 3.8) is 0 Å². The quantitative estimate of drug-likeness (QED) is 0.477. The predicted molar refractivity (Wildman–Crippen MR) is 56.7 cm³/mol. The number of unbranched alkanes of at least 4 members (excludes halogenated alkanes) is 2. The molecule has 0 saturated carbocycles. The van der Waals surface area contributed by atoms with E-state index >= 15 is 0 Å². The van der Waals surface area contributed by atoms with Crippen molar-refractivity contribution in [2.75, 3.05) is 13.1 Å². The largest absolute Gasteiger partial charge is 0.275 e. The first-order chi connectivity index (χ1) is 6.29. The number of halogens is 1. The molecule has 0 aromatic heterocycles. The van der Waals surface area contributed by atoms with Gasteiger partial charge in [0.25, 0.3) is 0 Å². The molecule has 78 valence electrons. The lowest BCUT2D eigenvalue weighted by molar-refractivity contribution is -0.0176. The summed E-state index contributed by atoms with van der Waals surface area (Å²) in [5, 5.41) is 0. The van der Waals surface area contributed by atoms with Crippen molar-refractivity contribution >= 4 is 9.84 Å². The molecule has 13 heavy (non-hydrogen) atoms. The summed E-state index contributed by atoms with van der Waals surface area (Å²) in [7, 11) is -0.364. The second-order valence-corrected chi connectivity index (χ2v) is 5.69. The highest BCUT2D eigenvalue weighted by molar-refractivity contribution is 6.31. The predicted octanol–water partition coefficient (Wildman–Crippen LogP) is 1.46. The van der Waals surface area contributed by atoms with E-state index < -0.39 is 6.42 Å². The molecule has 1 heterocycles. The monoisotopic (exact) mass is 204 g/mol. The number of rotatable bonds is 6. The Balaban J connectivity index is 2.07. The topological polar surface area (TPSA) is 6.48 Å². The van der Waals surface area contributed by atoms with Gasteiger partial charge in [0.1, 0.15) is 0 Å². The zero-order chi connectivity index (χ0) is 9.68. The molecule has 0 unspecified atom stereocenters. The molecule has 1 aliphatic heterocycles. The molecule has 0 aromatic rings. The number of alkyl halides is 1. The Morgan fingerprint density at radius 1 is 1.08 bits per heavy atom. The van der Waals surface area contributed by atoms with Crippen LogP contribution in [0.4, 0.5) is 4.39 Å². The minimum atomic E-state index is -0.732. The lowest BCUT2D eigenvalue weighted by Gasteiger charge is -2.46. The van der Waals surface area contributed by atoms with Crippen molar-refractivity contribution in [1.82, 2.24) is 9.13 Å². The van der Waals surface area contributed by atoms with Crippen molar-refractivity contribution < 1.29 is 4.39 Å². The number of hydrogen-bond acceptors (Lipinski definition) is 2. The highest BCUT2D eigenvalue weighted by Gasteiger charge is 2.35. The molecule has 1 rings (SSSR count). The van der Waals surface area contributed by atoms with Gasteiger partial charge in [0.15, 0.2) is 16.3 Å². The molecule has 1 fully saturated rings. The molecule has 0 atom stereocenters. The van der Waals surface area contributed by atoms with Crippen LogP contribution in [-0.2, 0) is 0 Å². The van der Waals surface area contributed by atoms with Crippen LogP contribution in [0, 0.1) is 0 Å². The summed E-state index contributed by atoms with van der Waals surface area (Å²) < 4.78 is 17.5. The molecule has 0 aromatic carbocycles. The average Bonchev–Trinajstić information content (AvgIpc) is 2.15. The van der Waals surface area contributed by atoms with Crippen LogP contribution in [-0.4, -0.2) is 38.5 Å². The fourth-order valence-electron chi connectivity index (χ4n) is 1.58. The van der Waals surface area contributed by atoms with Gasteiger partial charge in [-0.15, -0.1) is 0 Å². The first-order valence-corrected chi connectivity index (χ1v) is 6.68. The summed E-state index contributed by atoms with van der Waals surface area (Å²) in [5.41, 5.74) is 0. The minimum absolute atomic E-state index is 0.364. The Hall–Kier alpha value is 0.0669. The lowest BCUT2D eigenvalue weighted by atomic mass is 10.3. The van der Waals surface area contributed by atoms with E-state index in [4.69, 9.17) is 0 Å². The van der Waals surface area contributed by atoms with Crippen LogP contribution < -0.4 is 0 Å². The first-order valence-electron chi connectivity index (χ1n) is 5.41. The standard InChI is InChI=1S/C9H21FN2Si/c1-3-5-7-11-9(10)12(13-11)8-6-4-2/h9H,3-8,13H2,1-2H3. The minimum Gasteiger partial charge on any atom is -0.275 e. The maximum absolute atomic E-state index is 13.4. The van der Waals surface area contributed by atoms with Gasteiger partial charge in [0.2, 0.25) is 0 Å². The van der Waals surface area contributed by atoms with E-state index in [1.807, 2.05) is 9.13 Å². The van der Waals surface area contributed by atoms with Crippen LogP contribution in [0.3, 0.4) is 0 Å². The molecule has 4 heteroatoms.